The molecule has 0 aromatic heterocycles. The Hall–Kier alpha value is -0.980. The molecule has 1 amide bonds. The van der Waals surface area contributed by atoms with Gasteiger partial charge in [0, 0.05) is 37.2 Å². The Bertz CT molecular complexity index is 462. The average Bonchev–Trinajstić information content (AvgIpc) is 2.42. The van der Waals surface area contributed by atoms with Gasteiger partial charge >= 0.3 is 0 Å². The van der Waals surface area contributed by atoms with Crippen molar-refractivity contribution in [2.24, 2.45) is 0 Å². The quantitative estimate of drug-likeness (QED) is 0.909. The Kier molecular flexibility index (Phi) is 4.90. The van der Waals surface area contributed by atoms with Crippen LogP contribution in [0.4, 0.5) is 4.39 Å². The van der Waals surface area contributed by atoms with Crippen molar-refractivity contribution in [2.75, 3.05) is 39.3 Å². The lowest BCUT2D eigenvalue weighted by Crippen LogP contribution is -2.49. The molecule has 4 nitrogen and oxygen atoms in total. The molecule has 1 aliphatic rings. The van der Waals surface area contributed by atoms with Crippen LogP contribution in [0.2, 0.25) is 0 Å². The van der Waals surface area contributed by atoms with Gasteiger partial charge in [0.15, 0.2) is 0 Å². The first-order chi connectivity index (χ1) is 9.11. The summed E-state index contributed by atoms with van der Waals surface area (Å²) < 4.78 is 13.8. The van der Waals surface area contributed by atoms with Crippen molar-refractivity contribution in [3.63, 3.8) is 0 Å². The van der Waals surface area contributed by atoms with E-state index in [1.54, 1.807) is 11.0 Å². The number of hydrogen-bond donors (Lipinski definition) is 1. The van der Waals surface area contributed by atoms with E-state index in [1.807, 2.05) is 0 Å². The van der Waals surface area contributed by atoms with Gasteiger partial charge in [0.05, 0.1) is 12.2 Å². The lowest BCUT2D eigenvalue weighted by atomic mass is 10.1. The van der Waals surface area contributed by atoms with E-state index in [0.29, 0.717) is 29.7 Å². The topological polar surface area (TPSA) is 43.8 Å². The van der Waals surface area contributed by atoms with Gasteiger partial charge in [0.2, 0.25) is 0 Å². The lowest BCUT2D eigenvalue weighted by Gasteiger charge is -2.34. The Morgan fingerprint density at radius 2 is 2.00 bits per heavy atom. The summed E-state index contributed by atoms with van der Waals surface area (Å²) in [6.07, 6.45) is 0. The maximum atomic E-state index is 13.2. The van der Waals surface area contributed by atoms with Crippen LogP contribution in [0.25, 0.3) is 0 Å². The molecule has 104 valence electrons. The Labute approximate surface area is 119 Å². The summed E-state index contributed by atoms with van der Waals surface area (Å²) in [5.41, 5.74) is 0.357. The number of rotatable bonds is 3. The third-order valence-corrected chi connectivity index (χ3v) is 3.93. The highest BCUT2D eigenvalue weighted by molar-refractivity contribution is 9.10. The molecule has 6 heteroatoms. The van der Waals surface area contributed by atoms with Gasteiger partial charge in [-0.1, -0.05) is 0 Å². The second kappa shape index (κ2) is 6.45. The predicted octanol–water partition coefficient (Wildman–Crippen LogP) is 1.34. The molecule has 0 bridgehead atoms. The Morgan fingerprint density at radius 3 is 2.63 bits per heavy atom. The summed E-state index contributed by atoms with van der Waals surface area (Å²) in [5, 5.41) is 8.87. The van der Waals surface area contributed by atoms with Crippen LogP contribution in [0.3, 0.4) is 0 Å². The number of aliphatic hydroxyl groups is 1. The molecule has 1 aromatic rings. The first-order valence-electron chi connectivity index (χ1n) is 6.19. The predicted molar refractivity (Wildman–Crippen MR) is 73.5 cm³/mol. The van der Waals surface area contributed by atoms with E-state index in [-0.39, 0.29) is 12.5 Å². The van der Waals surface area contributed by atoms with Gasteiger partial charge in [0.1, 0.15) is 5.82 Å². The minimum absolute atomic E-state index is 0.128. The van der Waals surface area contributed by atoms with Crippen LogP contribution in [0, 0.1) is 5.82 Å². The molecule has 1 heterocycles. The smallest absolute Gasteiger partial charge is 0.255 e. The molecule has 0 spiro atoms. The number of nitrogens with zero attached hydrogens (tertiary/aromatic N) is 2. The van der Waals surface area contributed by atoms with E-state index in [1.165, 1.54) is 12.1 Å². The second-order valence-corrected chi connectivity index (χ2v) is 5.34. The van der Waals surface area contributed by atoms with E-state index in [9.17, 15) is 9.18 Å². The van der Waals surface area contributed by atoms with Gasteiger partial charge in [0.25, 0.3) is 5.91 Å². The molecule has 0 saturated carbocycles. The zero-order valence-corrected chi connectivity index (χ0v) is 12.1. The number of piperazine rings is 1. The highest BCUT2D eigenvalue weighted by atomic mass is 79.9. The number of carbonyl (C=O) groups excluding carboxylic acids is 1. The molecule has 1 N–H and O–H groups in total. The fourth-order valence-corrected chi connectivity index (χ4v) is 2.56. The fraction of sp³-hybridized carbons (Fsp3) is 0.462. The number of amides is 1. The standard InChI is InChI=1S/C13H16BrFN2O2/c14-12-2-1-10(15)9-11(12)13(19)17-5-3-16(4-6-17)7-8-18/h1-2,9,18H,3-8H2. The average molecular weight is 331 g/mol. The zero-order valence-electron chi connectivity index (χ0n) is 10.5. The third kappa shape index (κ3) is 3.52. The van der Waals surface area contributed by atoms with Crippen LogP contribution >= 0.6 is 15.9 Å². The molecule has 1 aliphatic heterocycles. The summed E-state index contributed by atoms with van der Waals surface area (Å²) in [7, 11) is 0. The molecule has 0 unspecified atom stereocenters. The van der Waals surface area contributed by atoms with Gasteiger partial charge in [-0.15, -0.1) is 0 Å². The maximum Gasteiger partial charge on any atom is 0.255 e. The molecular formula is C13H16BrFN2O2. The van der Waals surface area contributed by atoms with Crippen LogP contribution in [0.15, 0.2) is 22.7 Å². The van der Waals surface area contributed by atoms with Crippen LogP contribution in [0.1, 0.15) is 10.4 Å². The Morgan fingerprint density at radius 1 is 1.32 bits per heavy atom. The summed E-state index contributed by atoms with van der Waals surface area (Å²) in [5.74, 6) is -0.569. The molecule has 19 heavy (non-hydrogen) atoms. The number of hydrogen-bond acceptors (Lipinski definition) is 3. The van der Waals surface area contributed by atoms with E-state index in [2.05, 4.69) is 20.8 Å². The van der Waals surface area contributed by atoms with Crippen LogP contribution < -0.4 is 0 Å². The number of halogens is 2. The molecule has 0 aliphatic carbocycles. The number of carbonyl (C=O) groups is 1. The fourth-order valence-electron chi connectivity index (χ4n) is 2.15. The van der Waals surface area contributed by atoms with Gasteiger partial charge < -0.3 is 10.0 Å². The summed E-state index contributed by atoms with van der Waals surface area (Å²) in [6.45, 7) is 3.43. The SMILES string of the molecule is O=C(c1cc(F)ccc1Br)N1CCN(CCO)CC1. The van der Waals surface area contributed by atoms with Gasteiger partial charge in [-0.2, -0.15) is 0 Å². The van der Waals surface area contributed by atoms with Gasteiger partial charge in [-0.3, -0.25) is 9.69 Å². The van der Waals surface area contributed by atoms with E-state index >= 15 is 0 Å². The Balaban J connectivity index is 2.03. The lowest BCUT2D eigenvalue weighted by molar-refractivity contribution is 0.0613. The number of benzene rings is 1. The molecule has 1 aromatic carbocycles. The normalized spacial score (nSPS) is 16.7. The van der Waals surface area contributed by atoms with E-state index < -0.39 is 5.82 Å². The number of β-amino-alcohol motifs (C(OH)–C–C–N with tert-alkyl or cyclic N) is 1. The van der Waals surface area contributed by atoms with Gasteiger partial charge in [-0.05, 0) is 34.1 Å². The third-order valence-electron chi connectivity index (χ3n) is 3.23. The van der Waals surface area contributed by atoms with E-state index in [0.717, 1.165) is 13.1 Å². The molecule has 1 saturated heterocycles. The molecular weight excluding hydrogens is 315 g/mol. The van der Waals surface area contributed by atoms with Crippen LogP contribution in [-0.2, 0) is 0 Å². The summed E-state index contributed by atoms with van der Waals surface area (Å²) in [6, 6.07) is 4.12. The maximum absolute atomic E-state index is 13.2. The van der Waals surface area contributed by atoms with Crippen LogP contribution in [-0.4, -0.2) is 60.1 Å². The van der Waals surface area contributed by atoms with Crippen molar-refractivity contribution in [3.05, 3.63) is 34.1 Å². The zero-order chi connectivity index (χ0) is 13.8. The molecule has 2 rings (SSSR count). The highest BCUT2D eigenvalue weighted by Gasteiger charge is 2.23. The number of aliphatic hydroxyl groups excluding tert-OH is 1. The minimum Gasteiger partial charge on any atom is -0.395 e. The monoisotopic (exact) mass is 330 g/mol. The molecule has 1 fully saturated rings. The first-order valence-corrected chi connectivity index (χ1v) is 6.98. The van der Waals surface area contributed by atoms with Crippen molar-refractivity contribution in [2.45, 2.75) is 0 Å². The van der Waals surface area contributed by atoms with E-state index in [4.69, 9.17) is 5.11 Å². The van der Waals surface area contributed by atoms with Crippen molar-refractivity contribution < 1.29 is 14.3 Å². The van der Waals surface area contributed by atoms with Crippen molar-refractivity contribution in [1.29, 1.82) is 0 Å². The summed E-state index contributed by atoms with van der Waals surface area (Å²) >= 11 is 3.28. The van der Waals surface area contributed by atoms with Crippen molar-refractivity contribution in [1.82, 2.24) is 9.80 Å². The van der Waals surface area contributed by atoms with Crippen molar-refractivity contribution >= 4 is 21.8 Å². The second-order valence-electron chi connectivity index (χ2n) is 4.48. The van der Waals surface area contributed by atoms with Gasteiger partial charge in [-0.25, -0.2) is 4.39 Å². The first kappa shape index (κ1) is 14.4. The van der Waals surface area contributed by atoms with Crippen LogP contribution in [0.5, 0.6) is 0 Å². The highest BCUT2D eigenvalue weighted by Crippen LogP contribution is 2.20. The summed E-state index contributed by atoms with van der Waals surface area (Å²) in [4.78, 5) is 16.1. The van der Waals surface area contributed by atoms with Crippen molar-refractivity contribution in [3.8, 4) is 0 Å². The largest absolute Gasteiger partial charge is 0.395 e. The minimum atomic E-state index is -0.412. The molecule has 0 radical (unpaired) electrons. The molecule has 0 atom stereocenters.